The SMILES string of the molecule is CC(C)=CCN(CCCl)C1CCCC1. The zero-order chi connectivity index (χ0) is 10.4. The minimum Gasteiger partial charge on any atom is -0.296 e. The summed E-state index contributed by atoms with van der Waals surface area (Å²) in [6.07, 6.45) is 7.85. The summed E-state index contributed by atoms with van der Waals surface area (Å²) in [5.41, 5.74) is 1.41. The Morgan fingerprint density at radius 3 is 2.50 bits per heavy atom. The Morgan fingerprint density at radius 2 is 2.00 bits per heavy atom. The van der Waals surface area contributed by atoms with E-state index in [-0.39, 0.29) is 0 Å². The molecule has 14 heavy (non-hydrogen) atoms. The fourth-order valence-corrected chi connectivity index (χ4v) is 2.32. The quantitative estimate of drug-likeness (QED) is 0.502. The lowest BCUT2D eigenvalue weighted by Gasteiger charge is -2.26. The first kappa shape index (κ1) is 12.1. The summed E-state index contributed by atoms with van der Waals surface area (Å²) in [5.74, 6) is 0.757. The number of nitrogens with zero attached hydrogens (tertiary/aromatic N) is 1. The van der Waals surface area contributed by atoms with Crippen LogP contribution < -0.4 is 0 Å². The Morgan fingerprint density at radius 1 is 1.36 bits per heavy atom. The minimum atomic E-state index is 0.757. The minimum absolute atomic E-state index is 0.757. The molecule has 0 heterocycles. The molecule has 0 N–H and O–H groups in total. The first-order chi connectivity index (χ1) is 6.74. The van der Waals surface area contributed by atoms with Crippen LogP contribution in [0.5, 0.6) is 0 Å². The summed E-state index contributed by atoms with van der Waals surface area (Å²) in [7, 11) is 0. The molecule has 0 spiro atoms. The van der Waals surface area contributed by atoms with Crippen LogP contribution in [0.3, 0.4) is 0 Å². The molecule has 0 aromatic carbocycles. The average Bonchev–Trinajstić information content (AvgIpc) is 2.64. The number of hydrogen-bond donors (Lipinski definition) is 0. The Hall–Kier alpha value is -0.0100. The Balaban J connectivity index is 2.41. The summed E-state index contributed by atoms with van der Waals surface area (Å²) >= 11 is 5.83. The van der Waals surface area contributed by atoms with E-state index in [1.165, 1.54) is 31.3 Å². The highest BCUT2D eigenvalue weighted by molar-refractivity contribution is 6.18. The first-order valence-electron chi connectivity index (χ1n) is 5.67. The second kappa shape index (κ2) is 6.47. The van der Waals surface area contributed by atoms with Gasteiger partial charge in [0.15, 0.2) is 0 Å². The van der Waals surface area contributed by atoms with Gasteiger partial charge in [-0.25, -0.2) is 0 Å². The Labute approximate surface area is 93.1 Å². The molecule has 2 heteroatoms. The molecule has 0 bridgehead atoms. The molecule has 0 amide bonds. The van der Waals surface area contributed by atoms with Crippen molar-refractivity contribution >= 4 is 11.6 Å². The van der Waals surface area contributed by atoms with Crippen LogP contribution in [0.2, 0.25) is 0 Å². The van der Waals surface area contributed by atoms with Gasteiger partial charge in [0.2, 0.25) is 0 Å². The van der Waals surface area contributed by atoms with Gasteiger partial charge in [-0.05, 0) is 26.7 Å². The molecule has 1 rings (SSSR count). The molecule has 1 aliphatic carbocycles. The predicted octanol–water partition coefficient (Wildman–Crippen LogP) is 3.44. The third-order valence-electron chi connectivity index (χ3n) is 2.95. The number of halogens is 1. The van der Waals surface area contributed by atoms with Crippen LogP contribution in [0.4, 0.5) is 0 Å². The third-order valence-corrected chi connectivity index (χ3v) is 3.12. The van der Waals surface area contributed by atoms with Crippen LogP contribution in [0.1, 0.15) is 39.5 Å². The maximum absolute atomic E-state index is 5.83. The first-order valence-corrected chi connectivity index (χ1v) is 6.21. The molecule has 0 saturated heterocycles. The van der Waals surface area contributed by atoms with Gasteiger partial charge in [0, 0.05) is 25.0 Å². The van der Waals surface area contributed by atoms with E-state index in [1.54, 1.807) is 0 Å². The molecule has 0 radical (unpaired) electrons. The molecule has 82 valence electrons. The van der Waals surface area contributed by atoms with Crippen molar-refractivity contribution in [2.75, 3.05) is 19.0 Å². The molecule has 0 aromatic heterocycles. The van der Waals surface area contributed by atoms with Gasteiger partial charge in [-0.3, -0.25) is 4.90 Å². The third kappa shape index (κ3) is 4.02. The van der Waals surface area contributed by atoms with Crippen molar-refractivity contribution in [2.24, 2.45) is 0 Å². The van der Waals surface area contributed by atoms with Crippen molar-refractivity contribution in [3.8, 4) is 0 Å². The second-order valence-electron chi connectivity index (χ2n) is 4.40. The Bertz CT molecular complexity index is 179. The summed E-state index contributed by atoms with van der Waals surface area (Å²) < 4.78 is 0. The van der Waals surface area contributed by atoms with Gasteiger partial charge in [-0.15, -0.1) is 11.6 Å². The van der Waals surface area contributed by atoms with E-state index >= 15 is 0 Å². The molecule has 0 aliphatic heterocycles. The number of alkyl halides is 1. The van der Waals surface area contributed by atoms with Crippen molar-refractivity contribution in [3.63, 3.8) is 0 Å². The van der Waals surface area contributed by atoms with Crippen LogP contribution in [-0.2, 0) is 0 Å². The Kier molecular flexibility index (Phi) is 5.57. The van der Waals surface area contributed by atoms with Crippen molar-refractivity contribution in [1.29, 1.82) is 0 Å². The molecule has 1 fully saturated rings. The molecule has 1 aliphatic rings. The van der Waals surface area contributed by atoms with Crippen molar-refractivity contribution in [2.45, 2.75) is 45.6 Å². The van der Waals surface area contributed by atoms with E-state index in [2.05, 4.69) is 24.8 Å². The number of hydrogen-bond acceptors (Lipinski definition) is 1. The van der Waals surface area contributed by atoms with E-state index in [9.17, 15) is 0 Å². The van der Waals surface area contributed by atoms with Gasteiger partial charge in [-0.2, -0.15) is 0 Å². The van der Waals surface area contributed by atoms with Gasteiger partial charge in [0.1, 0.15) is 0 Å². The van der Waals surface area contributed by atoms with Gasteiger partial charge >= 0.3 is 0 Å². The topological polar surface area (TPSA) is 3.24 Å². The maximum Gasteiger partial charge on any atom is 0.0351 e. The summed E-state index contributed by atoms with van der Waals surface area (Å²) in [5, 5.41) is 0. The van der Waals surface area contributed by atoms with Gasteiger partial charge in [-0.1, -0.05) is 24.5 Å². The van der Waals surface area contributed by atoms with Crippen molar-refractivity contribution in [1.82, 2.24) is 4.90 Å². The number of rotatable bonds is 5. The van der Waals surface area contributed by atoms with Gasteiger partial charge < -0.3 is 0 Å². The molecule has 1 saturated carbocycles. The van der Waals surface area contributed by atoms with Crippen LogP contribution in [0.25, 0.3) is 0 Å². The van der Waals surface area contributed by atoms with E-state index in [1.807, 2.05) is 0 Å². The standard InChI is InChI=1S/C12H22ClN/c1-11(2)7-9-14(10-8-13)12-5-3-4-6-12/h7,12H,3-6,8-10H2,1-2H3. The van der Waals surface area contributed by atoms with Crippen molar-refractivity contribution < 1.29 is 0 Å². The zero-order valence-electron chi connectivity index (χ0n) is 9.43. The molecular formula is C12H22ClN. The lowest BCUT2D eigenvalue weighted by atomic mass is 10.2. The normalized spacial score (nSPS) is 17.7. The highest BCUT2D eigenvalue weighted by Crippen LogP contribution is 2.23. The monoisotopic (exact) mass is 215 g/mol. The highest BCUT2D eigenvalue weighted by atomic mass is 35.5. The summed E-state index contributed by atoms with van der Waals surface area (Å²) in [4.78, 5) is 2.53. The number of allylic oxidation sites excluding steroid dienone is 1. The van der Waals surface area contributed by atoms with E-state index in [0.717, 1.165) is 25.0 Å². The fraction of sp³-hybridized carbons (Fsp3) is 0.833. The lowest BCUT2D eigenvalue weighted by molar-refractivity contribution is 0.233. The largest absolute Gasteiger partial charge is 0.296 e. The highest BCUT2D eigenvalue weighted by Gasteiger charge is 2.20. The van der Waals surface area contributed by atoms with E-state index < -0.39 is 0 Å². The zero-order valence-corrected chi connectivity index (χ0v) is 10.2. The molecular weight excluding hydrogens is 194 g/mol. The average molecular weight is 216 g/mol. The van der Waals surface area contributed by atoms with Gasteiger partial charge in [0.25, 0.3) is 0 Å². The lowest BCUT2D eigenvalue weighted by Crippen LogP contribution is -2.35. The van der Waals surface area contributed by atoms with Crippen molar-refractivity contribution in [3.05, 3.63) is 11.6 Å². The summed E-state index contributed by atoms with van der Waals surface area (Å²) in [6, 6.07) is 0.796. The van der Waals surface area contributed by atoms with E-state index in [0.29, 0.717) is 0 Å². The molecule has 1 nitrogen and oxygen atoms in total. The van der Waals surface area contributed by atoms with Crippen LogP contribution in [0, 0.1) is 0 Å². The molecule has 0 unspecified atom stereocenters. The smallest absolute Gasteiger partial charge is 0.0351 e. The molecule has 0 aromatic rings. The predicted molar refractivity (Wildman–Crippen MR) is 64.0 cm³/mol. The van der Waals surface area contributed by atoms with Crippen LogP contribution >= 0.6 is 11.6 Å². The molecule has 0 atom stereocenters. The van der Waals surface area contributed by atoms with Crippen LogP contribution in [0.15, 0.2) is 11.6 Å². The van der Waals surface area contributed by atoms with Gasteiger partial charge in [0.05, 0.1) is 0 Å². The second-order valence-corrected chi connectivity index (χ2v) is 4.78. The summed E-state index contributed by atoms with van der Waals surface area (Å²) in [6.45, 7) is 6.44. The van der Waals surface area contributed by atoms with E-state index in [4.69, 9.17) is 11.6 Å². The maximum atomic E-state index is 5.83. The fourth-order valence-electron chi connectivity index (χ4n) is 2.10. The van der Waals surface area contributed by atoms with Crippen LogP contribution in [-0.4, -0.2) is 29.9 Å².